The lowest BCUT2D eigenvalue weighted by molar-refractivity contribution is -0.133. The Balaban J connectivity index is 2.66. The Morgan fingerprint density at radius 3 is 3.00 bits per heavy atom. The molecule has 0 fully saturated rings. The fourth-order valence-corrected chi connectivity index (χ4v) is 1.45. The van der Waals surface area contributed by atoms with E-state index >= 15 is 0 Å². The Morgan fingerprint density at radius 1 is 1.71 bits per heavy atom. The number of nitriles is 1. The first kappa shape index (κ1) is 13.3. The molecule has 1 aromatic rings. The summed E-state index contributed by atoms with van der Waals surface area (Å²) in [4.78, 5) is 13.5. The van der Waals surface area contributed by atoms with Gasteiger partial charge in [0, 0.05) is 6.54 Å². The summed E-state index contributed by atoms with van der Waals surface area (Å²) in [5.41, 5.74) is 5.71. The fraction of sp³-hybridized carbons (Fsp3) is 0.500. The summed E-state index contributed by atoms with van der Waals surface area (Å²) in [5.74, 6) is 0.554. The Bertz CT molecular complexity index is 381. The zero-order chi connectivity index (χ0) is 12.7. The Labute approximate surface area is 101 Å². The standard InChI is InChI=1S/C12H17N3O2/c1-2-11(14)12(16)15(7-4-6-13)9-10-5-3-8-17-10/h3,5,8,11H,2,4,7,9,14H2,1H3/t11-/m0/s1. The van der Waals surface area contributed by atoms with Crippen molar-refractivity contribution in [1.29, 1.82) is 5.26 Å². The lowest BCUT2D eigenvalue weighted by Gasteiger charge is -2.23. The van der Waals surface area contributed by atoms with E-state index in [0.717, 1.165) is 0 Å². The van der Waals surface area contributed by atoms with E-state index in [1.54, 1.807) is 23.3 Å². The predicted octanol–water partition coefficient (Wildman–Crippen LogP) is 1.26. The van der Waals surface area contributed by atoms with Gasteiger partial charge in [-0.1, -0.05) is 6.92 Å². The van der Waals surface area contributed by atoms with Gasteiger partial charge in [-0.3, -0.25) is 4.79 Å². The molecule has 0 radical (unpaired) electrons. The van der Waals surface area contributed by atoms with E-state index in [9.17, 15) is 4.79 Å². The van der Waals surface area contributed by atoms with E-state index < -0.39 is 6.04 Å². The average Bonchev–Trinajstić information content (AvgIpc) is 2.85. The molecular formula is C12H17N3O2. The maximum Gasteiger partial charge on any atom is 0.239 e. The van der Waals surface area contributed by atoms with Gasteiger partial charge in [-0.2, -0.15) is 5.26 Å². The molecule has 0 aromatic carbocycles. The summed E-state index contributed by atoms with van der Waals surface area (Å²) in [6, 6.07) is 5.08. The molecule has 0 aliphatic heterocycles. The number of nitrogens with two attached hydrogens (primary N) is 1. The molecular weight excluding hydrogens is 218 g/mol. The summed E-state index contributed by atoms with van der Waals surface area (Å²) >= 11 is 0. The van der Waals surface area contributed by atoms with Gasteiger partial charge in [0.25, 0.3) is 0 Å². The second-order valence-electron chi connectivity index (χ2n) is 3.76. The Kier molecular flexibility index (Phi) is 5.24. The summed E-state index contributed by atoms with van der Waals surface area (Å²) in [6.45, 7) is 2.60. The smallest absolute Gasteiger partial charge is 0.239 e. The maximum atomic E-state index is 12.0. The van der Waals surface area contributed by atoms with Crippen LogP contribution in [0.1, 0.15) is 25.5 Å². The Morgan fingerprint density at radius 2 is 2.47 bits per heavy atom. The summed E-state index contributed by atoms with van der Waals surface area (Å²) in [5, 5.41) is 8.58. The first-order valence-electron chi connectivity index (χ1n) is 5.62. The molecule has 1 atom stereocenters. The van der Waals surface area contributed by atoms with Crippen molar-refractivity contribution in [3.05, 3.63) is 24.2 Å². The van der Waals surface area contributed by atoms with Gasteiger partial charge in [-0.25, -0.2) is 0 Å². The number of amides is 1. The second kappa shape index (κ2) is 6.71. The average molecular weight is 235 g/mol. The van der Waals surface area contributed by atoms with Crippen molar-refractivity contribution in [1.82, 2.24) is 4.90 Å². The number of hydrogen-bond acceptors (Lipinski definition) is 4. The number of carbonyl (C=O) groups is 1. The molecule has 1 amide bonds. The van der Waals surface area contributed by atoms with Crippen LogP contribution >= 0.6 is 0 Å². The first-order valence-corrected chi connectivity index (χ1v) is 5.62. The molecule has 1 aromatic heterocycles. The quantitative estimate of drug-likeness (QED) is 0.804. The van der Waals surface area contributed by atoms with Crippen molar-refractivity contribution in [3.8, 4) is 6.07 Å². The number of rotatable bonds is 6. The molecule has 17 heavy (non-hydrogen) atoms. The second-order valence-corrected chi connectivity index (χ2v) is 3.76. The summed E-state index contributed by atoms with van der Waals surface area (Å²) < 4.78 is 5.19. The Hall–Kier alpha value is -1.80. The minimum atomic E-state index is -0.511. The molecule has 0 bridgehead atoms. The van der Waals surface area contributed by atoms with Crippen molar-refractivity contribution in [2.24, 2.45) is 5.73 Å². The third-order valence-corrected chi connectivity index (χ3v) is 2.49. The van der Waals surface area contributed by atoms with Gasteiger partial charge in [0.1, 0.15) is 5.76 Å². The molecule has 0 aliphatic rings. The largest absolute Gasteiger partial charge is 0.467 e. The topological polar surface area (TPSA) is 83.3 Å². The lowest BCUT2D eigenvalue weighted by Crippen LogP contribution is -2.43. The number of hydrogen-bond donors (Lipinski definition) is 1. The number of carbonyl (C=O) groups excluding carboxylic acids is 1. The van der Waals surface area contributed by atoms with E-state index in [2.05, 4.69) is 0 Å². The third-order valence-electron chi connectivity index (χ3n) is 2.49. The van der Waals surface area contributed by atoms with Crippen LogP contribution in [0.15, 0.2) is 22.8 Å². The highest BCUT2D eigenvalue weighted by Gasteiger charge is 2.20. The van der Waals surface area contributed by atoms with Crippen LogP contribution in [0.3, 0.4) is 0 Å². The highest BCUT2D eigenvalue weighted by molar-refractivity contribution is 5.81. The van der Waals surface area contributed by atoms with Crippen molar-refractivity contribution in [3.63, 3.8) is 0 Å². The van der Waals surface area contributed by atoms with Crippen LogP contribution in [0.4, 0.5) is 0 Å². The van der Waals surface area contributed by atoms with E-state index in [4.69, 9.17) is 15.4 Å². The van der Waals surface area contributed by atoms with Crippen LogP contribution in [-0.2, 0) is 11.3 Å². The van der Waals surface area contributed by atoms with Crippen LogP contribution < -0.4 is 5.73 Å². The van der Waals surface area contributed by atoms with Crippen LogP contribution in [0.2, 0.25) is 0 Å². The van der Waals surface area contributed by atoms with Gasteiger partial charge in [-0.05, 0) is 18.6 Å². The first-order chi connectivity index (χ1) is 8.19. The zero-order valence-corrected chi connectivity index (χ0v) is 9.93. The molecule has 0 saturated heterocycles. The molecule has 5 nitrogen and oxygen atoms in total. The molecule has 1 rings (SSSR count). The predicted molar refractivity (Wildman–Crippen MR) is 62.6 cm³/mol. The SMILES string of the molecule is CC[C@H](N)C(=O)N(CCC#N)Cc1ccco1. The van der Waals surface area contributed by atoms with E-state index in [1.807, 2.05) is 13.0 Å². The molecule has 5 heteroatoms. The van der Waals surface area contributed by atoms with Crippen molar-refractivity contribution >= 4 is 5.91 Å². The van der Waals surface area contributed by atoms with Gasteiger partial charge in [-0.15, -0.1) is 0 Å². The van der Waals surface area contributed by atoms with Crippen LogP contribution in [0.5, 0.6) is 0 Å². The monoisotopic (exact) mass is 235 g/mol. The van der Waals surface area contributed by atoms with Gasteiger partial charge in [0.2, 0.25) is 5.91 Å². The molecule has 0 aliphatic carbocycles. The summed E-state index contributed by atoms with van der Waals surface area (Å²) in [6.07, 6.45) is 2.44. The molecule has 0 spiro atoms. The highest BCUT2D eigenvalue weighted by atomic mass is 16.3. The maximum absolute atomic E-state index is 12.0. The van der Waals surface area contributed by atoms with E-state index in [-0.39, 0.29) is 5.91 Å². The van der Waals surface area contributed by atoms with Gasteiger partial charge in [0.15, 0.2) is 0 Å². The van der Waals surface area contributed by atoms with E-state index in [0.29, 0.717) is 31.7 Å². The molecule has 0 unspecified atom stereocenters. The lowest BCUT2D eigenvalue weighted by atomic mass is 10.2. The van der Waals surface area contributed by atoms with Gasteiger partial charge in [0.05, 0.1) is 31.3 Å². The van der Waals surface area contributed by atoms with Crippen molar-refractivity contribution in [2.45, 2.75) is 32.4 Å². The number of nitrogens with zero attached hydrogens (tertiary/aromatic N) is 2. The fourth-order valence-electron chi connectivity index (χ4n) is 1.45. The zero-order valence-electron chi connectivity index (χ0n) is 9.93. The minimum absolute atomic E-state index is 0.140. The minimum Gasteiger partial charge on any atom is -0.467 e. The van der Waals surface area contributed by atoms with Crippen molar-refractivity contribution in [2.75, 3.05) is 6.54 Å². The highest BCUT2D eigenvalue weighted by Crippen LogP contribution is 2.08. The molecule has 92 valence electrons. The molecule has 0 saturated carbocycles. The van der Waals surface area contributed by atoms with Gasteiger partial charge < -0.3 is 15.1 Å². The third kappa shape index (κ3) is 3.93. The number of furan rings is 1. The van der Waals surface area contributed by atoms with Crippen molar-refractivity contribution < 1.29 is 9.21 Å². The molecule has 2 N–H and O–H groups in total. The van der Waals surface area contributed by atoms with Crippen LogP contribution in [0, 0.1) is 11.3 Å². The van der Waals surface area contributed by atoms with Crippen LogP contribution in [0.25, 0.3) is 0 Å². The summed E-state index contributed by atoms with van der Waals surface area (Å²) in [7, 11) is 0. The molecule has 1 heterocycles. The van der Waals surface area contributed by atoms with E-state index in [1.165, 1.54) is 0 Å². The van der Waals surface area contributed by atoms with Gasteiger partial charge >= 0.3 is 0 Å². The normalized spacial score (nSPS) is 11.8. The van der Waals surface area contributed by atoms with Crippen LogP contribution in [-0.4, -0.2) is 23.4 Å².